The van der Waals surface area contributed by atoms with Crippen molar-refractivity contribution in [2.24, 2.45) is 0 Å². The first-order chi connectivity index (χ1) is 5.20. The molecule has 0 bridgehead atoms. The fraction of sp³-hybridized carbons (Fsp3) is 0.125. The zero-order valence-electron chi connectivity index (χ0n) is 6.10. The number of benzene rings is 1. The molecule has 0 atom stereocenters. The van der Waals surface area contributed by atoms with E-state index in [4.69, 9.17) is 12.2 Å². The molecule has 0 aliphatic carbocycles. The van der Waals surface area contributed by atoms with E-state index >= 15 is 0 Å². The van der Waals surface area contributed by atoms with Gasteiger partial charge in [0.2, 0.25) is 0 Å². The van der Waals surface area contributed by atoms with Gasteiger partial charge in [-0.3, -0.25) is 0 Å². The summed E-state index contributed by atoms with van der Waals surface area (Å²) in [4.78, 5) is 0.775. The van der Waals surface area contributed by atoms with E-state index in [1.807, 2.05) is 31.2 Å². The highest BCUT2D eigenvalue weighted by Crippen LogP contribution is 2.20. The van der Waals surface area contributed by atoms with E-state index in [1.54, 1.807) is 0 Å². The molecule has 0 amide bonds. The summed E-state index contributed by atoms with van der Waals surface area (Å²) in [5.74, 6) is 0. The lowest BCUT2D eigenvalue weighted by Crippen LogP contribution is -2.03. The Hall–Kier alpha value is -0.410. The van der Waals surface area contributed by atoms with Crippen LogP contribution < -0.4 is 5.32 Å². The second kappa shape index (κ2) is 3.83. The Morgan fingerprint density at radius 2 is 2.09 bits per heavy atom. The number of halogens is 1. The van der Waals surface area contributed by atoms with Crippen LogP contribution >= 0.6 is 28.1 Å². The summed E-state index contributed by atoms with van der Waals surface area (Å²) >= 11 is 8.31. The number of hydrogen-bond acceptors (Lipinski definition) is 1. The maximum Gasteiger partial charge on any atom is 0.0766 e. The molecular weight excluding hydrogens is 222 g/mol. The monoisotopic (exact) mass is 229 g/mol. The quantitative estimate of drug-likeness (QED) is 0.743. The molecule has 0 saturated heterocycles. The average molecular weight is 230 g/mol. The Morgan fingerprint density at radius 3 is 2.64 bits per heavy atom. The van der Waals surface area contributed by atoms with Crippen LogP contribution in [0.25, 0.3) is 0 Å². The standard InChI is InChI=1S/C8H8BrNS/c1-6(11)10-8-5-3-2-4-7(8)9/h2-5H,1H3,(H,10,11). The van der Waals surface area contributed by atoms with E-state index in [1.165, 1.54) is 0 Å². The van der Waals surface area contributed by atoms with E-state index in [-0.39, 0.29) is 0 Å². The minimum absolute atomic E-state index is 0.775. The summed E-state index contributed by atoms with van der Waals surface area (Å²) in [7, 11) is 0. The van der Waals surface area contributed by atoms with E-state index in [0.717, 1.165) is 15.1 Å². The lowest BCUT2D eigenvalue weighted by molar-refractivity contribution is 1.59. The van der Waals surface area contributed by atoms with Gasteiger partial charge in [-0.2, -0.15) is 0 Å². The number of thiocarbonyl (C=S) groups is 1. The Morgan fingerprint density at radius 1 is 1.45 bits per heavy atom. The molecule has 1 nitrogen and oxygen atoms in total. The summed E-state index contributed by atoms with van der Waals surface area (Å²) in [6.07, 6.45) is 0. The fourth-order valence-electron chi connectivity index (χ4n) is 0.752. The lowest BCUT2D eigenvalue weighted by atomic mass is 10.3. The third kappa shape index (κ3) is 2.60. The third-order valence-corrected chi connectivity index (χ3v) is 1.98. The lowest BCUT2D eigenvalue weighted by Gasteiger charge is -2.04. The molecule has 0 aromatic heterocycles. The van der Waals surface area contributed by atoms with Crippen molar-refractivity contribution in [3.63, 3.8) is 0 Å². The van der Waals surface area contributed by atoms with Gasteiger partial charge < -0.3 is 5.32 Å². The molecule has 0 unspecified atom stereocenters. The van der Waals surface area contributed by atoms with Gasteiger partial charge in [0.05, 0.1) is 10.7 Å². The third-order valence-electron chi connectivity index (χ3n) is 1.18. The fourth-order valence-corrected chi connectivity index (χ4v) is 1.25. The molecule has 0 radical (unpaired) electrons. The molecule has 58 valence electrons. The van der Waals surface area contributed by atoms with E-state index in [2.05, 4.69) is 21.2 Å². The smallest absolute Gasteiger partial charge is 0.0766 e. The van der Waals surface area contributed by atoms with Crippen molar-refractivity contribution in [3.05, 3.63) is 28.7 Å². The predicted octanol–water partition coefficient (Wildman–Crippen LogP) is 3.21. The van der Waals surface area contributed by atoms with E-state index < -0.39 is 0 Å². The molecule has 0 heterocycles. The molecule has 1 aromatic carbocycles. The topological polar surface area (TPSA) is 12.0 Å². The minimum Gasteiger partial charge on any atom is -0.349 e. The molecule has 0 aliphatic heterocycles. The van der Waals surface area contributed by atoms with Crippen LogP contribution in [-0.4, -0.2) is 4.99 Å². The van der Waals surface area contributed by atoms with Gasteiger partial charge in [-0.15, -0.1) is 0 Å². The normalized spacial score (nSPS) is 9.27. The van der Waals surface area contributed by atoms with Gasteiger partial charge in [-0.25, -0.2) is 0 Å². The number of nitrogens with one attached hydrogen (secondary N) is 1. The van der Waals surface area contributed by atoms with Crippen LogP contribution in [0.2, 0.25) is 0 Å². The van der Waals surface area contributed by atoms with Crippen molar-refractivity contribution >= 4 is 38.8 Å². The SMILES string of the molecule is CC(=S)Nc1ccccc1Br. The molecule has 11 heavy (non-hydrogen) atoms. The highest BCUT2D eigenvalue weighted by molar-refractivity contribution is 9.10. The molecule has 1 rings (SSSR count). The van der Waals surface area contributed by atoms with Crippen LogP contribution in [0.4, 0.5) is 5.69 Å². The maximum absolute atomic E-state index is 4.91. The summed E-state index contributed by atoms with van der Waals surface area (Å²) in [6, 6.07) is 7.87. The molecule has 0 spiro atoms. The summed E-state index contributed by atoms with van der Waals surface area (Å²) in [5, 5.41) is 3.06. The minimum atomic E-state index is 0.775. The molecular formula is C8H8BrNS. The van der Waals surface area contributed by atoms with Crippen molar-refractivity contribution in [2.45, 2.75) is 6.92 Å². The van der Waals surface area contributed by atoms with Crippen molar-refractivity contribution in [2.75, 3.05) is 5.32 Å². The predicted molar refractivity (Wildman–Crippen MR) is 56.0 cm³/mol. The first kappa shape index (κ1) is 8.68. The van der Waals surface area contributed by atoms with Gasteiger partial charge in [0.15, 0.2) is 0 Å². The highest BCUT2D eigenvalue weighted by Gasteiger charge is 1.95. The highest BCUT2D eigenvalue weighted by atomic mass is 79.9. The first-order valence-electron chi connectivity index (χ1n) is 3.22. The Bertz CT molecular complexity index is 273. The van der Waals surface area contributed by atoms with Crippen molar-refractivity contribution in [1.82, 2.24) is 0 Å². The van der Waals surface area contributed by atoms with Crippen molar-refractivity contribution in [3.8, 4) is 0 Å². The molecule has 0 aliphatic rings. The summed E-state index contributed by atoms with van der Waals surface area (Å²) in [6.45, 7) is 1.86. The van der Waals surface area contributed by atoms with Crippen LogP contribution in [0.1, 0.15) is 6.92 Å². The maximum atomic E-state index is 4.91. The van der Waals surface area contributed by atoms with Crippen LogP contribution in [0.3, 0.4) is 0 Å². The van der Waals surface area contributed by atoms with Crippen LogP contribution in [-0.2, 0) is 0 Å². The van der Waals surface area contributed by atoms with E-state index in [9.17, 15) is 0 Å². The van der Waals surface area contributed by atoms with E-state index in [0.29, 0.717) is 0 Å². The molecule has 0 saturated carbocycles. The second-order valence-electron chi connectivity index (χ2n) is 2.16. The van der Waals surface area contributed by atoms with Gasteiger partial charge in [-0.05, 0) is 35.0 Å². The van der Waals surface area contributed by atoms with Gasteiger partial charge in [-0.1, -0.05) is 24.4 Å². The van der Waals surface area contributed by atoms with Crippen molar-refractivity contribution < 1.29 is 0 Å². The number of para-hydroxylation sites is 1. The molecule has 1 aromatic rings. The zero-order chi connectivity index (χ0) is 8.27. The van der Waals surface area contributed by atoms with Gasteiger partial charge in [0, 0.05) is 4.47 Å². The number of hydrogen-bond donors (Lipinski definition) is 1. The second-order valence-corrected chi connectivity index (χ2v) is 3.63. The average Bonchev–Trinajstić information content (AvgIpc) is 1.93. The Balaban J connectivity index is 2.86. The largest absolute Gasteiger partial charge is 0.349 e. The summed E-state index contributed by atoms with van der Waals surface area (Å²) in [5.41, 5.74) is 1.01. The first-order valence-corrected chi connectivity index (χ1v) is 4.42. The zero-order valence-corrected chi connectivity index (χ0v) is 8.50. The Kier molecular flexibility index (Phi) is 3.02. The molecule has 1 N–H and O–H groups in total. The van der Waals surface area contributed by atoms with Crippen LogP contribution in [0.5, 0.6) is 0 Å². The van der Waals surface area contributed by atoms with Crippen molar-refractivity contribution in [1.29, 1.82) is 0 Å². The van der Waals surface area contributed by atoms with Gasteiger partial charge in [0.25, 0.3) is 0 Å². The Labute approximate surface area is 79.9 Å². The summed E-state index contributed by atoms with van der Waals surface area (Å²) < 4.78 is 1.03. The number of anilines is 1. The van der Waals surface area contributed by atoms with Gasteiger partial charge in [0.1, 0.15) is 0 Å². The van der Waals surface area contributed by atoms with Crippen LogP contribution in [0, 0.1) is 0 Å². The molecule has 0 fully saturated rings. The van der Waals surface area contributed by atoms with Crippen LogP contribution in [0.15, 0.2) is 28.7 Å². The van der Waals surface area contributed by atoms with Gasteiger partial charge >= 0.3 is 0 Å². The number of rotatable bonds is 1. The molecule has 3 heteroatoms.